The van der Waals surface area contributed by atoms with Gasteiger partial charge < -0.3 is 15.5 Å². The molecule has 1 fully saturated rings. The second kappa shape index (κ2) is 11.2. The molecular formula is C20H32N4O4S. The van der Waals surface area contributed by atoms with Crippen LogP contribution in [0, 0.1) is 0 Å². The lowest BCUT2D eigenvalue weighted by Gasteiger charge is -2.31. The van der Waals surface area contributed by atoms with Crippen molar-refractivity contribution in [3.63, 3.8) is 0 Å². The van der Waals surface area contributed by atoms with Crippen LogP contribution in [0.2, 0.25) is 0 Å². The van der Waals surface area contributed by atoms with E-state index in [1.54, 1.807) is 11.9 Å². The van der Waals surface area contributed by atoms with Gasteiger partial charge in [0.2, 0.25) is 15.9 Å². The Morgan fingerprint density at radius 3 is 2.45 bits per heavy atom. The van der Waals surface area contributed by atoms with Gasteiger partial charge in [0.05, 0.1) is 5.75 Å². The minimum Gasteiger partial charge on any atom is -0.353 e. The summed E-state index contributed by atoms with van der Waals surface area (Å²) in [5.74, 6) is 0.0356. The Labute approximate surface area is 173 Å². The highest BCUT2D eigenvalue weighted by Gasteiger charge is 2.27. The number of hydrogen-bond acceptors (Lipinski definition) is 4. The van der Waals surface area contributed by atoms with Gasteiger partial charge in [-0.2, -0.15) is 0 Å². The number of hydrogen-bond donors (Lipinski definition) is 2. The lowest BCUT2D eigenvalue weighted by Crippen LogP contribution is -2.47. The largest absolute Gasteiger partial charge is 0.353 e. The van der Waals surface area contributed by atoms with E-state index < -0.39 is 10.0 Å². The Bertz CT molecular complexity index is 762. The maximum Gasteiger partial charge on any atom is 0.317 e. The van der Waals surface area contributed by atoms with Crippen molar-refractivity contribution < 1.29 is 18.0 Å². The number of benzene rings is 1. The molecule has 0 radical (unpaired) electrons. The summed E-state index contributed by atoms with van der Waals surface area (Å²) in [5.41, 5.74) is 1.04. The first-order valence-electron chi connectivity index (χ1n) is 10.1. The van der Waals surface area contributed by atoms with Crippen molar-refractivity contribution in [2.45, 2.75) is 45.2 Å². The quantitative estimate of drug-likeness (QED) is 0.628. The predicted molar refractivity (Wildman–Crippen MR) is 113 cm³/mol. The van der Waals surface area contributed by atoms with Gasteiger partial charge in [-0.1, -0.05) is 37.3 Å². The van der Waals surface area contributed by atoms with Crippen LogP contribution in [0.5, 0.6) is 0 Å². The number of piperidine rings is 1. The molecule has 3 amide bonds. The van der Waals surface area contributed by atoms with E-state index in [2.05, 4.69) is 10.6 Å². The molecular weight excluding hydrogens is 392 g/mol. The third-order valence-electron chi connectivity index (χ3n) is 4.91. The van der Waals surface area contributed by atoms with Crippen molar-refractivity contribution >= 4 is 22.0 Å². The molecule has 1 saturated heterocycles. The molecule has 1 aromatic carbocycles. The fourth-order valence-electron chi connectivity index (χ4n) is 3.31. The van der Waals surface area contributed by atoms with E-state index in [1.165, 1.54) is 4.31 Å². The predicted octanol–water partition coefficient (Wildman–Crippen LogP) is 1.54. The molecule has 2 N–H and O–H groups in total. The zero-order valence-electron chi connectivity index (χ0n) is 17.3. The summed E-state index contributed by atoms with van der Waals surface area (Å²) in [4.78, 5) is 25.8. The van der Waals surface area contributed by atoms with Crippen molar-refractivity contribution in [1.82, 2.24) is 19.8 Å². The van der Waals surface area contributed by atoms with E-state index in [-0.39, 0.29) is 36.7 Å². The lowest BCUT2D eigenvalue weighted by molar-refractivity contribution is -0.121. The van der Waals surface area contributed by atoms with E-state index in [0.29, 0.717) is 38.9 Å². The standard InChI is InChI=1S/C20H32N4O4S/c1-3-15-29(27,28)24-13-10-18(11-14-24)22-19(25)9-12-21-20(26)23(2)16-17-7-5-4-6-8-17/h4-8,18H,3,9-16H2,1-2H3,(H,21,26)(H,22,25). The fourth-order valence-corrected chi connectivity index (χ4v) is 4.85. The van der Waals surface area contributed by atoms with Gasteiger partial charge in [0.15, 0.2) is 0 Å². The SMILES string of the molecule is CCCS(=O)(=O)N1CCC(NC(=O)CCNC(=O)N(C)Cc2ccccc2)CC1. The van der Waals surface area contributed by atoms with E-state index in [9.17, 15) is 18.0 Å². The molecule has 0 aromatic heterocycles. The number of carbonyl (C=O) groups excluding carboxylic acids is 2. The monoisotopic (exact) mass is 424 g/mol. The van der Waals surface area contributed by atoms with Crippen LogP contribution in [0.1, 0.15) is 38.2 Å². The number of amides is 3. The van der Waals surface area contributed by atoms with Crippen LogP contribution in [-0.2, 0) is 21.4 Å². The summed E-state index contributed by atoms with van der Waals surface area (Å²) in [6, 6.07) is 9.44. The van der Waals surface area contributed by atoms with Crippen LogP contribution in [0.3, 0.4) is 0 Å². The highest BCUT2D eigenvalue weighted by Crippen LogP contribution is 2.15. The zero-order chi connectivity index (χ0) is 21.3. The topological polar surface area (TPSA) is 98.8 Å². The maximum atomic E-state index is 12.1. The Balaban J connectivity index is 1.64. The number of rotatable bonds is 9. The Morgan fingerprint density at radius 1 is 1.17 bits per heavy atom. The van der Waals surface area contributed by atoms with Crippen molar-refractivity contribution in [2.75, 3.05) is 32.4 Å². The van der Waals surface area contributed by atoms with E-state index >= 15 is 0 Å². The van der Waals surface area contributed by atoms with Gasteiger partial charge in [-0.05, 0) is 24.8 Å². The molecule has 0 aliphatic carbocycles. The molecule has 0 atom stereocenters. The Kier molecular flexibility index (Phi) is 8.91. The normalized spacial score (nSPS) is 15.7. The molecule has 9 heteroatoms. The second-order valence-electron chi connectivity index (χ2n) is 7.38. The van der Waals surface area contributed by atoms with Crippen molar-refractivity contribution in [2.24, 2.45) is 0 Å². The molecule has 8 nitrogen and oxygen atoms in total. The van der Waals surface area contributed by atoms with Gasteiger partial charge in [-0.15, -0.1) is 0 Å². The molecule has 0 bridgehead atoms. The number of nitrogens with one attached hydrogen (secondary N) is 2. The molecule has 1 aliphatic rings. The van der Waals surface area contributed by atoms with Crippen molar-refractivity contribution in [1.29, 1.82) is 0 Å². The molecule has 0 unspecified atom stereocenters. The lowest BCUT2D eigenvalue weighted by atomic mass is 10.1. The Hall–Kier alpha value is -2.13. The first kappa shape index (κ1) is 23.2. The second-order valence-corrected chi connectivity index (χ2v) is 9.47. The fraction of sp³-hybridized carbons (Fsp3) is 0.600. The minimum atomic E-state index is -3.17. The van der Waals surface area contributed by atoms with Crippen LogP contribution < -0.4 is 10.6 Å². The zero-order valence-corrected chi connectivity index (χ0v) is 18.1. The van der Waals surface area contributed by atoms with Gasteiger partial charge in [0.25, 0.3) is 0 Å². The third-order valence-corrected chi connectivity index (χ3v) is 6.99. The third kappa shape index (κ3) is 7.66. The number of carbonyl (C=O) groups is 2. The molecule has 1 aliphatic heterocycles. The Morgan fingerprint density at radius 2 is 1.83 bits per heavy atom. The van der Waals surface area contributed by atoms with Gasteiger partial charge in [-0.3, -0.25) is 4.79 Å². The van der Waals surface area contributed by atoms with Crippen molar-refractivity contribution in [3.8, 4) is 0 Å². The van der Waals surface area contributed by atoms with Crippen LogP contribution in [0.15, 0.2) is 30.3 Å². The van der Waals surface area contributed by atoms with E-state index in [4.69, 9.17) is 0 Å². The molecule has 1 heterocycles. The van der Waals surface area contributed by atoms with E-state index in [0.717, 1.165) is 5.56 Å². The average molecular weight is 425 g/mol. The number of sulfonamides is 1. The van der Waals surface area contributed by atoms with Crippen LogP contribution in [0.25, 0.3) is 0 Å². The minimum absolute atomic E-state index is 0.0213. The summed E-state index contributed by atoms with van der Waals surface area (Å²) < 4.78 is 25.7. The smallest absolute Gasteiger partial charge is 0.317 e. The first-order chi connectivity index (χ1) is 13.8. The van der Waals surface area contributed by atoms with Crippen LogP contribution >= 0.6 is 0 Å². The van der Waals surface area contributed by atoms with Crippen LogP contribution in [0.4, 0.5) is 4.79 Å². The first-order valence-corrected chi connectivity index (χ1v) is 11.7. The summed E-state index contributed by atoms with van der Waals surface area (Å²) in [6.45, 7) is 3.48. The molecule has 0 spiro atoms. The summed E-state index contributed by atoms with van der Waals surface area (Å²) in [6.07, 6.45) is 2.02. The van der Waals surface area contributed by atoms with Crippen molar-refractivity contribution in [3.05, 3.63) is 35.9 Å². The highest BCUT2D eigenvalue weighted by molar-refractivity contribution is 7.89. The molecule has 1 aromatic rings. The number of urea groups is 1. The van der Waals surface area contributed by atoms with E-state index in [1.807, 2.05) is 37.3 Å². The molecule has 29 heavy (non-hydrogen) atoms. The van der Waals surface area contributed by atoms with Gasteiger partial charge in [0.1, 0.15) is 0 Å². The summed E-state index contributed by atoms with van der Waals surface area (Å²) in [7, 11) is -1.46. The average Bonchev–Trinajstić information content (AvgIpc) is 2.69. The van der Waals surface area contributed by atoms with Crippen LogP contribution in [-0.4, -0.2) is 68.0 Å². The summed E-state index contributed by atoms with van der Waals surface area (Å²) in [5, 5.41) is 5.69. The van der Waals surface area contributed by atoms with Gasteiger partial charge >= 0.3 is 6.03 Å². The molecule has 2 rings (SSSR count). The number of nitrogens with zero attached hydrogens (tertiary/aromatic N) is 2. The molecule has 0 saturated carbocycles. The summed E-state index contributed by atoms with van der Waals surface area (Å²) >= 11 is 0. The maximum absolute atomic E-state index is 12.1. The van der Waals surface area contributed by atoms with Gasteiger partial charge in [0, 0.05) is 45.7 Å². The molecule has 162 valence electrons. The highest BCUT2D eigenvalue weighted by atomic mass is 32.2. The van der Waals surface area contributed by atoms with Gasteiger partial charge in [-0.25, -0.2) is 17.5 Å².